The molecule has 0 saturated heterocycles. The van der Waals surface area contributed by atoms with Crippen LogP contribution in [0.5, 0.6) is 0 Å². The molecule has 0 heterocycles. The summed E-state index contributed by atoms with van der Waals surface area (Å²) in [5.41, 5.74) is 4.09. The van der Waals surface area contributed by atoms with E-state index in [2.05, 4.69) is 58.9 Å². The van der Waals surface area contributed by atoms with Crippen molar-refractivity contribution in [3.05, 3.63) is 35.5 Å². The van der Waals surface area contributed by atoms with Crippen LogP contribution in [-0.4, -0.2) is 11.2 Å². The summed E-state index contributed by atoms with van der Waals surface area (Å²) in [6, 6.07) is 0. The molecule has 0 aromatic rings. The highest BCUT2D eigenvalue weighted by atomic mass is 16.3. The van der Waals surface area contributed by atoms with Gasteiger partial charge in [0.25, 0.3) is 0 Å². The van der Waals surface area contributed by atoms with Gasteiger partial charge in [-0.1, -0.05) is 76.5 Å². The van der Waals surface area contributed by atoms with Crippen LogP contribution in [0, 0.1) is 40.4 Å². The second kappa shape index (κ2) is 7.46. The highest BCUT2D eigenvalue weighted by Crippen LogP contribution is 2.65. The molecule has 1 N–H and O–H groups in total. The van der Waals surface area contributed by atoms with Crippen molar-refractivity contribution in [3.8, 4) is 0 Å². The van der Waals surface area contributed by atoms with Crippen molar-refractivity contribution >= 4 is 0 Å². The zero-order valence-corrected chi connectivity index (χ0v) is 18.9. The van der Waals surface area contributed by atoms with E-state index in [1.807, 2.05) is 0 Å². The molecule has 5 unspecified atom stereocenters. The first-order chi connectivity index (χ1) is 13.3. The summed E-state index contributed by atoms with van der Waals surface area (Å²) < 4.78 is 0. The molecule has 0 spiro atoms. The van der Waals surface area contributed by atoms with E-state index < -0.39 is 0 Å². The van der Waals surface area contributed by atoms with Gasteiger partial charge in [-0.2, -0.15) is 0 Å². The van der Waals surface area contributed by atoms with E-state index in [1.54, 1.807) is 5.57 Å². The largest absolute Gasteiger partial charge is 0.393 e. The van der Waals surface area contributed by atoms with Crippen LogP contribution in [0.3, 0.4) is 0 Å². The first kappa shape index (κ1) is 20.5. The van der Waals surface area contributed by atoms with Crippen LogP contribution in [0.15, 0.2) is 35.5 Å². The van der Waals surface area contributed by atoms with Gasteiger partial charge >= 0.3 is 0 Å². The Morgan fingerprint density at radius 1 is 1.04 bits per heavy atom. The summed E-state index contributed by atoms with van der Waals surface area (Å²) in [6.45, 7) is 12.2. The predicted octanol–water partition coefficient (Wildman–Crippen LogP) is 7.08. The number of aliphatic hydroxyl groups is 1. The summed E-state index contributed by atoms with van der Waals surface area (Å²) >= 11 is 0. The molecule has 0 amide bonds. The van der Waals surface area contributed by atoms with Crippen LogP contribution >= 0.6 is 0 Å². The molecule has 28 heavy (non-hydrogen) atoms. The Bertz CT molecular complexity index is 684. The Labute approximate surface area is 173 Å². The monoisotopic (exact) mass is 382 g/mol. The van der Waals surface area contributed by atoms with E-state index in [4.69, 9.17) is 0 Å². The third-order valence-corrected chi connectivity index (χ3v) is 9.64. The summed E-state index contributed by atoms with van der Waals surface area (Å²) in [4.78, 5) is 0. The van der Waals surface area contributed by atoms with Crippen molar-refractivity contribution < 1.29 is 5.11 Å². The number of allylic oxidation sites excluding steroid dienone is 5. The lowest BCUT2D eigenvalue weighted by Crippen LogP contribution is -2.46. The summed E-state index contributed by atoms with van der Waals surface area (Å²) in [6.07, 6.45) is 19.6. The molecule has 0 radical (unpaired) electrons. The van der Waals surface area contributed by atoms with Crippen molar-refractivity contribution in [2.24, 2.45) is 40.4 Å². The van der Waals surface area contributed by atoms with Gasteiger partial charge in [0.2, 0.25) is 0 Å². The van der Waals surface area contributed by atoms with E-state index in [0.29, 0.717) is 22.7 Å². The quantitative estimate of drug-likeness (QED) is 0.515. The molecule has 0 aromatic carbocycles. The maximum atomic E-state index is 10.2. The minimum Gasteiger partial charge on any atom is -0.393 e. The topological polar surface area (TPSA) is 20.2 Å². The number of hydrogen-bond donors (Lipinski definition) is 1. The second-order valence-corrected chi connectivity index (χ2v) is 11.1. The molecule has 0 aliphatic heterocycles. The zero-order chi connectivity index (χ0) is 20.1. The number of rotatable bonds is 4. The van der Waals surface area contributed by atoms with Crippen molar-refractivity contribution in [1.82, 2.24) is 0 Å². The summed E-state index contributed by atoms with van der Waals surface area (Å²) in [5.74, 6) is 3.72. The molecule has 3 saturated carbocycles. The van der Waals surface area contributed by atoms with E-state index >= 15 is 0 Å². The Balaban J connectivity index is 1.59. The van der Waals surface area contributed by atoms with E-state index in [-0.39, 0.29) is 6.10 Å². The molecule has 1 nitrogen and oxygen atoms in total. The lowest BCUT2D eigenvalue weighted by molar-refractivity contribution is 0.0382. The molecule has 4 aliphatic rings. The molecule has 8 atom stereocenters. The maximum absolute atomic E-state index is 10.2. The first-order valence-electron chi connectivity index (χ1n) is 12.1. The average Bonchev–Trinajstić information content (AvgIpc) is 3.03. The maximum Gasteiger partial charge on any atom is 0.0578 e. The van der Waals surface area contributed by atoms with Gasteiger partial charge in [-0.3, -0.25) is 0 Å². The molecule has 0 bridgehead atoms. The molecule has 4 aliphatic carbocycles. The minimum absolute atomic E-state index is 0.114. The van der Waals surface area contributed by atoms with Gasteiger partial charge in [-0.25, -0.2) is 0 Å². The molecule has 156 valence electrons. The van der Waals surface area contributed by atoms with Crippen LogP contribution in [0.25, 0.3) is 0 Å². The Hall–Kier alpha value is -0.820. The van der Waals surface area contributed by atoms with E-state index in [1.165, 1.54) is 44.1 Å². The predicted molar refractivity (Wildman–Crippen MR) is 119 cm³/mol. The Kier molecular flexibility index (Phi) is 5.45. The second-order valence-electron chi connectivity index (χ2n) is 11.1. The van der Waals surface area contributed by atoms with Crippen LogP contribution < -0.4 is 0 Å². The van der Waals surface area contributed by atoms with Gasteiger partial charge in [0.15, 0.2) is 0 Å². The van der Waals surface area contributed by atoms with Gasteiger partial charge in [0.1, 0.15) is 0 Å². The third kappa shape index (κ3) is 3.17. The lowest BCUT2D eigenvalue weighted by Gasteiger charge is -2.55. The van der Waals surface area contributed by atoms with Gasteiger partial charge in [0.05, 0.1) is 6.10 Å². The molecule has 1 heteroatoms. The molecule has 4 rings (SSSR count). The average molecular weight is 383 g/mol. The minimum atomic E-state index is -0.114. The van der Waals surface area contributed by atoms with Gasteiger partial charge < -0.3 is 5.11 Å². The Morgan fingerprint density at radius 3 is 2.57 bits per heavy atom. The van der Waals surface area contributed by atoms with E-state index in [0.717, 1.165) is 30.6 Å². The van der Waals surface area contributed by atoms with Crippen molar-refractivity contribution in [3.63, 3.8) is 0 Å². The lowest BCUT2D eigenvalue weighted by atomic mass is 9.50. The van der Waals surface area contributed by atoms with Crippen molar-refractivity contribution in [2.75, 3.05) is 0 Å². The molecule has 0 aromatic heterocycles. The number of fused-ring (bicyclic) bond motifs is 5. The fourth-order valence-electron chi connectivity index (χ4n) is 7.52. The zero-order valence-electron chi connectivity index (χ0n) is 18.9. The third-order valence-electron chi connectivity index (χ3n) is 9.64. The molecular weight excluding hydrogens is 340 g/mol. The molecule has 3 fully saturated rings. The fourth-order valence-corrected chi connectivity index (χ4v) is 7.52. The van der Waals surface area contributed by atoms with Gasteiger partial charge in [-0.05, 0) is 85.4 Å². The smallest absolute Gasteiger partial charge is 0.0578 e. The first-order valence-corrected chi connectivity index (χ1v) is 12.1. The fraction of sp³-hybridized carbons (Fsp3) is 0.778. The highest BCUT2D eigenvalue weighted by molar-refractivity contribution is 5.39. The SMILES string of the molecule is CC[C@H](C)/C=C/[C@@H](C)C1CCC2C3=CC=C4C[C@@H](O)CCC4(C)C3CCC21C. The normalized spacial score (nSPS) is 44.9. The van der Waals surface area contributed by atoms with Crippen molar-refractivity contribution in [1.29, 1.82) is 0 Å². The van der Waals surface area contributed by atoms with Crippen LogP contribution in [0.1, 0.15) is 86.0 Å². The molecular formula is C27H42O. The standard InChI is InChI=1S/C27H42O/c1-6-18(2)7-8-19(3)23-11-12-24-22-10-9-20-17-21(28)13-15-26(20,4)25(22)14-16-27(23,24)5/h7-10,18-19,21,23-25,28H,6,11-17H2,1-5H3/b8-7+/t18-,19+,21-,23?,24?,25?,26?,27?/m0/s1. The van der Waals surface area contributed by atoms with Crippen LogP contribution in [-0.2, 0) is 0 Å². The van der Waals surface area contributed by atoms with Gasteiger partial charge in [0, 0.05) is 0 Å². The van der Waals surface area contributed by atoms with E-state index in [9.17, 15) is 5.11 Å². The van der Waals surface area contributed by atoms with Crippen LogP contribution in [0.2, 0.25) is 0 Å². The van der Waals surface area contributed by atoms with Gasteiger partial charge in [-0.15, -0.1) is 0 Å². The summed E-state index contributed by atoms with van der Waals surface area (Å²) in [7, 11) is 0. The number of hydrogen-bond acceptors (Lipinski definition) is 1. The Morgan fingerprint density at radius 2 is 1.82 bits per heavy atom. The van der Waals surface area contributed by atoms with Crippen LogP contribution in [0.4, 0.5) is 0 Å². The number of aliphatic hydroxyl groups excluding tert-OH is 1. The highest BCUT2D eigenvalue weighted by Gasteiger charge is 2.56. The van der Waals surface area contributed by atoms with Crippen molar-refractivity contribution in [2.45, 2.75) is 92.1 Å². The summed E-state index contributed by atoms with van der Waals surface area (Å²) in [5, 5.41) is 10.2.